The molecule has 2 fully saturated rings. The van der Waals surface area contributed by atoms with E-state index >= 15 is 0 Å². The van der Waals surface area contributed by atoms with Gasteiger partial charge in [-0.1, -0.05) is 6.07 Å². The molecule has 0 saturated carbocycles. The summed E-state index contributed by atoms with van der Waals surface area (Å²) in [6.07, 6.45) is 2.23. The van der Waals surface area contributed by atoms with Crippen LogP contribution in [0.3, 0.4) is 0 Å². The Hall–Kier alpha value is -0.615. The summed E-state index contributed by atoms with van der Waals surface area (Å²) in [7, 11) is -0.504. The monoisotopic (exact) mass is 341 g/mol. The van der Waals surface area contributed by atoms with Crippen molar-refractivity contribution in [3.05, 3.63) is 29.6 Å². The summed E-state index contributed by atoms with van der Waals surface area (Å²) in [5, 5.41) is 3.38. The first-order valence-corrected chi connectivity index (χ1v) is 8.15. The number of hydrogen-bond acceptors (Lipinski definition) is 3. The molecule has 1 atom stereocenters. The first kappa shape index (κ1) is 18.7. The number of rotatable bonds is 2. The maximum atomic E-state index is 14.1. The summed E-state index contributed by atoms with van der Waals surface area (Å²) in [5.41, 5.74) is 1.00. The van der Waals surface area contributed by atoms with E-state index in [1.165, 1.54) is 6.07 Å². The zero-order valence-corrected chi connectivity index (χ0v) is 15.1. The molecule has 2 heterocycles. The maximum absolute atomic E-state index is 14.1. The van der Waals surface area contributed by atoms with Gasteiger partial charge in [0.1, 0.15) is 5.82 Å². The summed E-state index contributed by atoms with van der Waals surface area (Å²) in [4.78, 5) is 0. The van der Waals surface area contributed by atoms with Crippen LogP contribution in [0, 0.1) is 5.82 Å². The highest BCUT2D eigenvalue weighted by Gasteiger charge is 2.51. The Kier molecular flexibility index (Phi) is 5.46. The zero-order valence-electron chi connectivity index (χ0n) is 14.3. The number of halogens is 2. The van der Waals surface area contributed by atoms with E-state index in [1.807, 2.05) is 33.8 Å². The molecule has 1 N–H and O–H groups in total. The van der Waals surface area contributed by atoms with Gasteiger partial charge in [-0.25, -0.2) is 4.39 Å². The van der Waals surface area contributed by atoms with Crippen molar-refractivity contribution in [1.82, 2.24) is 5.32 Å². The highest BCUT2D eigenvalue weighted by molar-refractivity contribution is 6.62. The molecule has 3 nitrogen and oxygen atoms in total. The van der Waals surface area contributed by atoms with E-state index in [1.54, 1.807) is 6.07 Å². The van der Waals surface area contributed by atoms with E-state index in [2.05, 4.69) is 5.32 Å². The van der Waals surface area contributed by atoms with Crippen molar-refractivity contribution in [2.45, 2.75) is 57.7 Å². The van der Waals surface area contributed by atoms with Crippen LogP contribution in [-0.2, 0) is 9.31 Å². The lowest BCUT2D eigenvalue weighted by molar-refractivity contribution is 0.00578. The second-order valence-electron chi connectivity index (χ2n) is 7.45. The Morgan fingerprint density at radius 3 is 2.35 bits per heavy atom. The van der Waals surface area contributed by atoms with Crippen molar-refractivity contribution >= 4 is 25.0 Å². The fourth-order valence-corrected chi connectivity index (χ4v) is 3.12. The number of hydrogen-bond donors (Lipinski definition) is 1. The quantitative estimate of drug-likeness (QED) is 0.839. The molecule has 128 valence electrons. The van der Waals surface area contributed by atoms with Crippen molar-refractivity contribution in [2.75, 3.05) is 13.1 Å². The average molecular weight is 342 g/mol. The summed E-state index contributed by atoms with van der Waals surface area (Å²) in [6, 6.07) is 5.22. The van der Waals surface area contributed by atoms with Gasteiger partial charge in [0.2, 0.25) is 0 Å². The minimum atomic E-state index is -0.504. The molecular formula is C17H26BClFNO2. The van der Waals surface area contributed by atoms with Crippen LogP contribution in [0.1, 0.15) is 52.0 Å². The molecule has 0 radical (unpaired) electrons. The molecule has 3 rings (SSSR count). The molecule has 0 aromatic heterocycles. The van der Waals surface area contributed by atoms with Gasteiger partial charge in [0, 0.05) is 6.54 Å². The van der Waals surface area contributed by atoms with Gasteiger partial charge in [0.25, 0.3) is 0 Å². The Labute approximate surface area is 144 Å². The third kappa shape index (κ3) is 3.73. The molecule has 1 unspecified atom stereocenters. The highest BCUT2D eigenvalue weighted by atomic mass is 35.5. The predicted molar refractivity (Wildman–Crippen MR) is 94.2 cm³/mol. The SMILES string of the molecule is CC1(C)OB(c2cc(F)cc(C3CCCNC3)c2)OC1(C)C.Cl. The molecule has 0 amide bonds. The van der Waals surface area contributed by atoms with Crippen LogP contribution in [0.4, 0.5) is 4.39 Å². The molecule has 23 heavy (non-hydrogen) atoms. The molecule has 0 aliphatic carbocycles. The molecule has 2 saturated heterocycles. The largest absolute Gasteiger partial charge is 0.494 e. The van der Waals surface area contributed by atoms with Crippen molar-refractivity contribution in [2.24, 2.45) is 0 Å². The topological polar surface area (TPSA) is 30.5 Å². The predicted octanol–water partition coefficient (Wildman–Crippen LogP) is 3.01. The van der Waals surface area contributed by atoms with Crippen molar-refractivity contribution < 1.29 is 13.7 Å². The third-order valence-electron chi connectivity index (χ3n) is 5.24. The Morgan fingerprint density at radius 1 is 1.13 bits per heavy atom. The van der Waals surface area contributed by atoms with E-state index in [-0.39, 0.29) is 18.2 Å². The van der Waals surface area contributed by atoms with Gasteiger partial charge in [-0.05, 0) is 76.2 Å². The standard InChI is InChI=1S/C17H25BFNO2.ClH/c1-16(2)17(3,4)22-18(21-16)14-8-13(9-15(19)10-14)12-6-5-7-20-11-12;/h8-10,12,20H,5-7,11H2,1-4H3;1H. The summed E-state index contributed by atoms with van der Waals surface area (Å²) in [5.74, 6) is 0.151. The zero-order chi connectivity index (χ0) is 16.0. The Morgan fingerprint density at radius 2 is 1.78 bits per heavy atom. The van der Waals surface area contributed by atoms with Crippen LogP contribution < -0.4 is 10.8 Å². The van der Waals surface area contributed by atoms with Gasteiger partial charge < -0.3 is 14.6 Å². The van der Waals surface area contributed by atoms with E-state index in [0.717, 1.165) is 37.0 Å². The van der Waals surface area contributed by atoms with E-state index in [0.29, 0.717) is 5.92 Å². The van der Waals surface area contributed by atoms with Gasteiger partial charge in [-0.2, -0.15) is 0 Å². The van der Waals surface area contributed by atoms with E-state index in [4.69, 9.17) is 9.31 Å². The first-order chi connectivity index (χ1) is 10.3. The lowest BCUT2D eigenvalue weighted by Crippen LogP contribution is -2.41. The number of piperidine rings is 1. The fraction of sp³-hybridized carbons (Fsp3) is 0.647. The van der Waals surface area contributed by atoms with Gasteiger partial charge in [-0.3, -0.25) is 0 Å². The maximum Gasteiger partial charge on any atom is 0.494 e. The lowest BCUT2D eigenvalue weighted by Gasteiger charge is -2.32. The highest BCUT2D eigenvalue weighted by Crippen LogP contribution is 2.36. The minimum Gasteiger partial charge on any atom is -0.399 e. The second kappa shape index (κ2) is 6.71. The fourth-order valence-electron chi connectivity index (χ4n) is 3.12. The second-order valence-corrected chi connectivity index (χ2v) is 7.45. The number of benzene rings is 1. The van der Waals surface area contributed by atoms with Crippen LogP contribution in [0.25, 0.3) is 0 Å². The van der Waals surface area contributed by atoms with Crippen LogP contribution in [-0.4, -0.2) is 31.4 Å². The normalized spacial score (nSPS) is 26.0. The van der Waals surface area contributed by atoms with Crippen LogP contribution in [0.15, 0.2) is 18.2 Å². The molecule has 2 aliphatic heterocycles. The molecule has 1 aromatic rings. The first-order valence-electron chi connectivity index (χ1n) is 8.15. The van der Waals surface area contributed by atoms with E-state index in [9.17, 15) is 4.39 Å². The van der Waals surface area contributed by atoms with Crippen LogP contribution in [0.5, 0.6) is 0 Å². The molecule has 1 aromatic carbocycles. The van der Waals surface area contributed by atoms with Gasteiger partial charge in [-0.15, -0.1) is 12.4 Å². The summed E-state index contributed by atoms with van der Waals surface area (Å²) >= 11 is 0. The van der Waals surface area contributed by atoms with E-state index < -0.39 is 18.3 Å². The van der Waals surface area contributed by atoms with Crippen molar-refractivity contribution in [1.29, 1.82) is 0 Å². The summed E-state index contributed by atoms with van der Waals surface area (Å²) in [6.45, 7) is 10.0. The molecule has 0 spiro atoms. The average Bonchev–Trinajstić information content (AvgIpc) is 2.68. The van der Waals surface area contributed by atoms with Crippen LogP contribution >= 0.6 is 12.4 Å². The smallest absolute Gasteiger partial charge is 0.399 e. The van der Waals surface area contributed by atoms with Crippen molar-refractivity contribution in [3.63, 3.8) is 0 Å². The summed E-state index contributed by atoms with van der Waals surface area (Å²) < 4.78 is 26.2. The van der Waals surface area contributed by atoms with Gasteiger partial charge >= 0.3 is 7.12 Å². The Bertz CT molecular complexity index is 546. The molecule has 2 aliphatic rings. The molecule has 0 bridgehead atoms. The lowest BCUT2D eigenvalue weighted by atomic mass is 9.76. The van der Waals surface area contributed by atoms with Crippen LogP contribution in [0.2, 0.25) is 0 Å². The Balaban J connectivity index is 0.00000192. The van der Waals surface area contributed by atoms with Gasteiger partial charge in [0.15, 0.2) is 0 Å². The third-order valence-corrected chi connectivity index (χ3v) is 5.24. The molecule has 6 heteroatoms. The molecular weight excluding hydrogens is 315 g/mol. The minimum absolute atomic E-state index is 0. The van der Waals surface area contributed by atoms with Crippen molar-refractivity contribution in [3.8, 4) is 0 Å². The van der Waals surface area contributed by atoms with Gasteiger partial charge in [0.05, 0.1) is 11.2 Å². The number of nitrogens with one attached hydrogen (secondary N) is 1.